The first-order valence-corrected chi connectivity index (χ1v) is 5.44. The molecule has 0 aliphatic heterocycles. The number of aromatic amines is 1. The monoisotopic (exact) mass is 274 g/mol. The highest BCUT2D eigenvalue weighted by Gasteiger charge is 2.15. The molecule has 102 valence electrons. The highest BCUT2D eigenvalue weighted by Crippen LogP contribution is 2.10. The zero-order valence-corrected chi connectivity index (χ0v) is 11.2. The van der Waals surface area contributed by atoms with Crippen LogP contribution in [-0.4, -0.2) is 22.8 Å². The second-order valence-electron chi connectivity index (χ2n) is 4.39. The van der Waals surface area contributed by atoms with Crippen LogP contribution in [0.1, 0.15) is 30.8 Å². The smallest absolute Gasteiger partial charge is 0.265 e. The number of amides is 2. The third kappa shape index (κ3) is 4.77. The average Bonchev–Trinajstić information content (AvgIpc) is 2.65. The van der Waals surface area contributed by atoms with Crippen LogP contribution in [0, 0.1) is 5.92 Å². The third-order valence-corrected chi connectivity index (χ3v) is 2.28. The zero-order chi connectivity index (χ0) is 13.0. The van der Waals surface area contributed by atoms with Crippen molar-refractivity contribution >= 4 is 29.9 Å². The van der Waals surface area contributed by atoms with E-state index in [0.717, 1.165) is 0 Å². The summed E-state index contributed by atoms with van der Waals surface area (Å²) in [6.07, 6.45) is 2.11. The van der Waals surface area contributed by atoms with E-state index in [2.05, 4.69) is 10.3 Å². The standard InChI is InChI=1S/C11H18N4O2.ClH/c1-6(2)3-8(12)11(17)15-7-4-9(10(13)16)14-5-7;/h4-6,8,14H,3,12H2,1-2H3,(H2,13,16)(H,15,17);1H/t8-;/m0./s1. The van der Waals surface area contributed by atoms with Gasteiger partial charge in [0.15, 0.2) is 0 Å². The fraction of sp³-hybridized carbons (Fsp3) is 0.455. The van der Waals surface area contributed by atoms with Crippen LogP contribution in [-0.2, 0) is 4.79 Å². The number of hydrogen-bond acceptors (Lipinski definition) is 3. The van der Waals surface area contributed by atoms with Gasteiger partial charge in [0.25, 0.3) is 5.91 Å². The summed E-state index contributed by atoms with van der Waals surface area (Å²) in [7, 11) is 0. The second kappa shape index (κ2) is 7.03. The lowest BCUT2D eigenvalue weighted by molar-refractivity contribution is -0.117. The highest BCUT2D eigenvalue weighted by molar-refractivity contribution is 5.97. The Labute approximate surface area is 112 Å². The van der Waals surface area contributed by atoms with Gasteiger partial charge in [-0.15, -0.1) is 12.4 Å². The molecule has 1 aromatic rings. The molecule has 1 rings (SSSR count). The SMILES string of the molecule is CC(C)C[C@H](N)C(=O)Nc1c[nH]c(C(N)=O)c1.Cl. The Morgan fingerprint density at radius 1 is 1.44 bits per heavy atom. The van der Waals surface area contributed by atoms with Crippen LogP contribution in [0.2, 0.25) is 0 Å². The fourth-order valence-corrected chi connectivity index (χ4v) is 1.46. The minimum absolute atomic E-state index is 0. The van der Waals surface area contributed by atoms with Crippen LogP contribution in [0.3, 0.4) is 0 Å². The van der Waals surface area contributed by atoms with Crippen LogP contribution >= 0.6 is 12.4 Å². The Balaban J connectivity index is 0.00000289. The van der Waals surface area contributed by atoms with Gasteiger partial charge in [-0.2, -0.15) is 0 Å². The summed E-state index contributed by atoms with van der Waals surface area (Å²) >= 11 is 0. The maximum atomic E-state index is 11.7. The van der Waals surface area contributed by atoms with Crippen LogP contribution in [0.5, 0.6) is 0 Å². The molecule has 1 atom stereocenters. The van der Waals surface area contributed by atoms with Gasteiger partial charge >= 0.3 is 0 Å². The van der Waals surface area contributed by atoms with E-state index in [1.807, 2.05) is 13.8 Å². The van der Waals surface area contributed by atoms with E-state index < -0.39 is 11.9 Å². The van der Waals surface area contributed by atoms with Crippen LogP contribution in [0.4, 0.5) is 5.69 Å². The molecule has 2 amide bonds. The lowest BCUT2D eigenvalue weighted by Gasteiger charge is -2.13. The lowest BCUT2D eigenvalue weighted by Crippen LogP contribution is -2.36. The first-order chi connectivity index (χ1) is 7.90. The van der Waals surface area contributed by atoms with Gasteiger partial charge in [-0.3, -0.25) is 9.59 Å². The van der Waals surface area contributed by atoms with E-state index in [1.165, 1.54) is 12.3 Å². The molecule has 1 aromatic heterocycles. The van der Waals surface area contributed by atoms with Gasteiger partial charge in [0.05, 0.1) is 11.7 Å². The Morgan fingerprint density at radius 3 is 2.50 bits per heavy atom. The summed E-state index contributed by atoms with van der Waals surface area (Å²) in [6, 6.07) is 0.921. The van der Waals surface area contributed by atoms with Crippen molar-refractivity contribution in [3.05, 3.63) is 18.0 Å². The van der Waals surface area contributed by atoms with E-state index in [1.54, 1.807) is 0 Å². The van der Waals surface area contributed by atoms with Crippen molar-refractivity contribution in [3.63, 3.8) is 0 Å². The number of primary amides is 1. The van der Waals surface area contributed by atoms with Crippen LogP contribution in [0.25, 0.3) is 0 Å². The molecule has 1 heterocycles. The molecule has 0 aliphatic rings. The minimum Gasteiger partial charge on any atom is -0.364 e. The summed E-state index contributed by atoms with van der Waals surface area (Å²) in [6.45, 7) is 3.99. The second-order valence-corrected chi connectivity index (χ2v) is 4.39. The third-order valence-electron chi connectivity index (χ3n) is 2.28. The van der Waals surface area contributed by atoms with Crippen LogP contribution < -0.4 is 16.8 Å². The molecule has 0 aliphatic carbocycles. The van der Waals surface area contributed by atoms with Gasteiger partial charge in [0.1, 0.15) is 5.69 Å². The van der Waals surface area contributed by atoms with Gasteiger partial charge < -0.3 is 21.8 Å². The average molecular weight is 275 g/mol. The maximum Gasteiger partial charge on any atom is 0.265 e. The number of halogens is 1. The van der Waals surface area contributed by atoms with Crippen molar-refractivity contribution in [2.75, 3.05) is 5.32 Å². The number of rotatable bonds is 5. The molecule has 18 heavy (non-hydrogen) atoms. The molecule has 0 spiro atoms. The summed E-state index contributed by atoms with van der Waals surface area (Å²) in [5.41, 5.74) is 11.5. The molecular formula is C11H19ClN4O2. The van der Waals surface area contributed by atoms with Crippen molar-refractivity contribution in [2.45, 2.75) is 26.3 Å². The molecule has 0 aromatic carbocycles. The van der Waals surface area contributed by atoms with Crippen molar-refractivity contribution in [3.8, 4) is 0 Å². The van der Waals surface area contributed by atoms with Gasteiger partial charge in [-0.1, -0.05) is 13.8 Å². The van der Waals surface area contributed by atoms with E-state index in [-0.39, 0.29) is 24.0 Å². The molecule has 0 fully saturated rings. The topological polar surface area (TPSA) is 114 Å². The maximum absolute atomic E-state index is 11.7. The van der Waals surface area contributed by atoms with Crippen molar-refractivity contribution in [2.24, 2.45) is 17.4 Å². The number of aromatic nitrogens is 1. The largest absolute Gasteiger partial charge is 0.364 e. The van der Waals surface area contributed by atoms with Crippen LogP contribution in [0.15, 0.2) is 12.3 Å². The number of H-pyrrole nitrogens is 1. The van der Waals surface area contributed by atoms with Crippen molar-refractivity contribution in [1.29, 1.82) is 0 Å². The first kappa shape index (κ1) is 16.5. The summed E-state index contributed by atoms with van der Waals surface area (Å²) in [4.78, 5) is 25.2. The predicted octanol–water partition coefficient (Wildman–Crippen LogP) is 0.847. The zero-order valence-electron chi connectivity index (χ0n) is 10.4. The van der Waals surface area contributed by atoms with Crippen molar-refractivity contribution < 1.29 is 9.59 Å². The Bertz CT molecular complexity index is 417. The molecule has 6 nitrogen and oxygen atoms in total. The van der Waals surface area contributed by atoms with Crippen molar-refractivity contribution in [1.82, 2.24) is 4.98 Å². The molecule has 6 N–H and O–H groups in total. The van der Waals surface area contributed by atoms with Gasteiger partial charge in [0, 0.05) is 6.20 Å². The number of anilines is 1. The Kier molecular flexibility index (Phi) is 6.43. The number of hydrogen-bond donors (Lipinski definition) is 4. The first-order valence-electron chi connectivity index (χ1n) is 5.44. The normalized spacial score (nSPS) is 11.8. The molecule has 0 saturated carbocycles. The molecule has 0 radical (unpaired) electrons. The predicted molar refractivity (Wildman–Crippen MR) is 72.6 cm³/mol. The Hall–Kier alpha value is -1.53. The molecule has 7 heteroatoms. The van der Waals surface area contributed by atoms with Gasteiger partial charge in [0.2, 0.25) is 5.91 Å². The molecule has 0 unspecified atom stereocenters. The quantitative estimate of drug-likeness (QED) is 0.638. The number of carbonyl (C=O) groups excluding carboxylic acids is 2. The highest BCUT2D eigenvalue weighted by atomic mass is 35.5. The summed E-state index contributed by atoms with van der Waals surface area (Å²) in [5, 5.41) is 2.62. The van der Waals surface area contributed by atoms with Gasteiger partial charge in [-0.05, 0) is 18.4 Å². The molecular weight excluding hydrogens is 256 g/mol. The number of carbonyl (C=O) groups is 2. The number of nitrogens with two attached hydrogens (primary N) is 2. The van der Waals surface area contributed by atoms with E-state index >= 15 is 0 Å². The van der Waals surface area contributed by atoms with E-state index in [0.29, 0.717) is 18.0 Å². The minimum atomic E-state index is -0.572. The number of nitrogens with one attached hydrogen (secondary N) is 2. The summed E-state index contributed by atoms with van der Waals surface area (Å²) < 4.78 is 0. The molecule has 0 bridgehead atoms. The van der Waals surface area contributed by atoms with Gasteiger partial charge in [-0.25, -0.2) is 0 Å². The Morgan fingerprint density at radius 2 is 2.06 bits per heavy atom. The molecule has 0 saturated heterocycles. The van der Waals surface area contributed by atoms with E-state index in [4.69, 9.17) is 11.5 Å². The lowest BCUT2D eigenvalue weighted by atomic mass is 10.0. The fourth-order valence-electron chi connectivity index (χ4n) is 1.46. The van der Waals surface area contributed by atoms with E-state index in [9.17, 15) is 9.59 Å². The summed E-state index contributed by atoms with van der Waals surface area (Å²) in [5.74, 6) is -0.492.